The summed E-state index contributed by atoms with van der Waals surface area (Å²) in [7, 11) is 1.65. The van der Waals surface area contributed by atoms with Gasteiger partial charge in [0.15, 0.2) is 0 Å². The van der Waals surface area contributed by atoms with Crippen LogP contribution in [0.1, 0.15) is 28.8 Å². The topological polar surface area (TPSA) is 53.2 Å². The number of hydrogen-bond acceptors (Lipinski definition) is 3. The summed E-state index contributed by atoms with van der Waals surface area (Å²) in [6, 6.07) is 6.30. The van der Waals surface area contributed by atoms with Gasteiger partial charge in [-0.3, -0.25) is 4.79 Å². The summed E-state index contributed by atoms with van der Waals surface area (Å²) in [6.07, 6.45) is 2.26. The van der Waals surface area contributed by atoms with Crippen LogP contribution >= 0.6 is 0 Å². The Bertz CT molecular complexity index is 425. The molecular weight excluding hydrogens is 226 g/mol. The predicted octanol–water partition coefficient (Wildman–Crippen LogP) is 1.52. The van der Waals surface area contributed by atoms with Crippen molar-refractivity contribution >= 4 is 11.6 Å². The zero-order valence-corrected chi connectivity index (χ0v) is 11.0. The lowest BCUT2D eigenvalue weighted by Gasteiger charge is -2.25. The summed E-state index contributed by atoms with van der Waals surface area (Å²) in [5.41, 5.74) is 2.96. The zero-order valence-electron chi connectivity index (χ0n) is 11.0. The Morgan fingerprint density at radius 3 is 2.72 bits per heavy atom. The van der Waals surface area contributed by atoms with Crippen molar-refractivity contribution < 1.29 is 4.79 Å². The highest BCUT2D eigenvalue weighted by molar-refractivity contribution is 5.95. The van der Waals surface area contributed by atoms with Crippen molar-refractivity contribution in [3.63, 3.8) is 0 Å². The van der Waals surface area contributed by atoms with E-state index in [2.05, 4.69) is 22.9 Å². The molecule has 0 unspecified atom stereocenters. The Morgan fingerprint density at radius 2 is 2.06 bits per heavy atom. The number of carbonyl (C=O) groups excluding carboxylic acids is 1. The molecule has 1 fully saturated rings. The molecule has 98 valence electrons. The molecule has 3 N–H and O–H groups in total. The Balaban J connectivity index is 2.12. The number of aryl methyl sites for hydroxylation is 1. The summed E-state index contributed by atoms with van der Waals surface area (Å²) in [5, 5.41) is 9.55. The van der Waals surface area contributed by atoms with E-state index in [4.69, 9.17) is 0 Å². The van der Waals surface area contributed by atoms with Gasteiger partial charge in [0.2, 0.25) is 0 Å². The van der Waals surface area contributed by atoms with E-state index < -0.39 is 0 Å². The van der Waals surface area contributed by atoms with Gasteiger partial charge in [-0.1, -0.05) is 6.07 Å². The second kappa shape index (κ2) is 5.87. The monoisotopic (exact) mass is 247 g/mol. The van der Waals surface area contributed by atoms with Gasteiger partial charge in [-0.15, -0.1) is 0 Å². The van der Waals surface area contributed by atoms with Gasteiger partial charge in [0.05, 0.1) is 0 Å². The first-order valence-corrected chi connectivity index (χ1v) is 6.50. The van der Waals surface area contributed by atoms with Gasteiger partial charge in [-0.05, 0) is 50.6 Å². The molecule has 0 saturated carbocycles. The van der Waals surface area contributed by atoms with Crippen molar-refractivity contribution in [2.75, 3.05) is 25.5 Å². The van der Waals surface area contributed by atoms with Crippen LogP contribution in [-0.4, -0.2) is 32.1 Å². The van der Waals surface area contributed by atoms with Gasteiger partial charge in [-0.25, -0.2) is 0 Å². The molecule has 0 aliphatic carbocycles. The maximum absolute atomic E-state index is 11.6. The largest absolute Gasteiger partial charge is 0.382 e. The number of carbonyl (C=O) groups is 1. The maximum Gasteiger partial charge on any atom is 0.251 e. The number of nitrogens with one attached hydrogen (secondary N) is 3. The van der Waals surface area contributed by atoms with Crippen molar-refractivity contribution in [3.05, 3.63) is 29.3 Å². The third kappa shape index (κ3) is 3.01. The van der Waals surface area contributed by atoms with Crippen molar-refractivity contribution in [1.29, 1.82) is 0 Å². The Labute approximate surface area is 108 Å². The molecule has 0 atom stereocenters. The second-order valence-electron chi connectivity index (χ2n) is 4.78. The highest BCUT2D eigenvalue weighted by Gasteiger charge is 2.14. The molecule has 4 heteroatoms. The van der Waals surface area contributed by atoms with Crippen LogP contribution < -0.4 is 16.0 Å². The molecule has 4 nitrogen and oxygen atoms in total. The summed E-state index contributed by atoms with van der Waals surface area (Å²) in [5.74, 6) is -0.0386. The highest BCUT2D eigenvalue weighted by Crippen LogP contribution is 2.20. The molecule has 1 amide bonds. The number of benzene rings is 1. The van der Waals surface area contributed by atoms with Gasteiger partial charge in [0, 0.05) is 24.3 Å². The third-order valence-corrected chi connectivity index (χ3v) is 3.43. The van der Waals surface area contributed by atoms with E-state index >= 15 is 0 Å². The molecule has 1 aromatic rings. The van der Waals surface area contributed by atoms with Crippen LogP contribution in [0.3, 0.4) is 0 Å². The molecule has 0 spiro atoms. The molecule has 1 saturated heterocycles. The Morgan fingerprint density at radius 1 is 1.33 bits per heavy atom. The summed E-state index contributed by atoms with van der Waals surface area (Å²) < 4.78 is 0. The SMILES string of the molecule is CNC(=O)c1ccc(C)c(NC2CCNCC2)c1. The molecule has 18 heavy (non-hydrogen) atoms. The third-order valence-electron chi connectivity index (χ3n) is 3.43. The van der Waals surface area contributed by atoms with Crippen molar-refractivity contribution in [2.24, 2.45) is 0 Å². The minimum atomic E-state index is -0.0386. The fraction of sp³-hybridized carbons (Fsp3) is 0.500. The van der Waals surface area contributed by atoms with Crippen LogP contribution in [0.5, 0.6) is 0 Å². The van der Waals surface area contributed by atoms with Gasteiger partial charge in [-0.2, -0.15) is 0 Å². The first-order valence-electron chi connectivity index (χ1n) is 6.50. The zero-order chi connectivity index (χ0) is 13.0. The van der Waals surface area contributed by atoms with Crippen molar-refractivity contribution in [1.82, 2.24) is 10.6 Å². The summed E-state index contributed by atoms with van der Waals surface area (Å²) >= 11 is 0. The molecule has 2 rings (SSSR count). The lowest BCUT2D eigenvalue weighted by molar-refractivity contribution is 0.0963. The van der Waals surface area contributed by atoms with Crippen LogP contribution in [-0.2, 0) is 0 Å². The number of rotatable bonds is 3. The Kier molecular flexibility index (Phi) is 4.20. The molecular formula is C14H21N3O. The number of hydrogen-bond donors (Lipinski definition) is 3. The van der Waals surface area contributed by atoms with E-state index in [-0.39, 0.29) is 5.91 Å². The van der Waals surface area contributed by atoms with E-state index in [1.807, 2.05) is 18.2 Å². The molecule has 1 heterocycles. The first kappa shape index (κ1) is 12.9. The standard InChI is InChI=1S/C14H21N3O/c1-10-3-4-11(14(18)15-2)9-13(10)17-12-5-7-16-8-6-12/h3-4,9,12,16-17H,5-8H2,1-2H3,(H,15,18). The number of piperidine rings is 1. The van der Waals surface area contributed by atoms with Gasteiger partial charge < -0.3 is 16.0 Å². The minimum Gasteiger partial charge on any atom is -0.382 e. The van der Waals surface area contributed by atoms with Crippen molar-refractivity contribution in [2.45, 2.75) is 25.8 Å². The number of amides is 1. The van der Waals surface area contributed by atoms with E-state index in [0.717, 1.165) is 31.6 Å². The second-order valence-corrected chi connectivity index (χ2v) is 4.78. The average Bonchev–Trinajstić information content (AvgIpc) is 2.41. The predicted molar refractivity (Wildman–Crippen MR) is 74.1 cm³/mol. The summed E-state index contributed by atoms with van der Waals surface area (Å²) in [4.78, 5) is 11.6. The molecule has 1 aliphatic heterocycles. The van der Waals surface area contributed by atoms with Crippen LogP contribution in [0, 0.1) is 6.92 Å². The molecule has 1 aliphatic rings. The fourth-order valence-corrected chi connectivity index (χ4v) is 2.25. The van der Waals surface area contributed by atoms with Crippen LogP contribution in [0.25, 0.3) is 0 Å². The number of anilines is 1. The minimum absolute atomic E-state index is 0.0386. The Hall–Kier alpha value is -1.55. The molecule has 0 radical (unpaired) electrons. The lowest BCUT2D eigenvalue weighted by atomic mass is 10.0. The quantitative estimate of drug-likeness (QED) is 0.759. The van der Waals surface area contributed by atoms with Gasteiger partial charge >= 0.3 is 0 Å². The smallest absolute Gasteiger partial charge is 0.251 e. The maximum atomic E-state index is 11.6. The van der Waals surface area contributed by atoms with E-state index in [0.29, 0.717) is 11.6 Å². The first-order chi connectivity index (χ1) is 8.70. The highest BCUT2D eigenvalue weighted by atomic mass is 16.1. The lowest BCUT2D eigenvalue weighted by Crippen LogP contribution is -2.35. The van der Waals surface area contributed by atoms with Crippen LogP contribution in [0.4, 0.5) is 5.69 Å². The van der Waals surface area contributed by atoms with Gasteiger partial charge in [0.1, 0.15) is 0 Å². The van der Waals surface area contributed by atoms with Crippen LogP contribution in [0.2, 0.25) is 0 Å². The van der Waals surface area contributed by atoms with E-state index in [1.165, 1.54) is 5.56 Å². The van der Waals surface area contributed by atoms with Crippen LogP contribution in [0.15, 0.2) is 18.2 Å². The molecule has 0 aromatic heterocycles. The molecule has 1 aromatic carbocycles. The van der Waals surface area contributed by atoms with Gasteiger partial charge in [0.25, 0.3) is 5.91 Å². The normalized spacial score (nSPS) is 16.3. The average molecular weight is 247 g/mol. The fourth-order valence-electron chi connectivity index (χ4n) is 2.25. The summed E-state index contributed by atoms with van der Waals surface area (Å²) in [6.45, 7) is 4.19. The van der Waals surface area contributed by atoms with E-state index in [1.54, 1.807) is 7.05 Å². The molecule has 0 bridgehead atoms. The van der Waals surface area contributed by atoms with E-state index in [9.17, 15) is 4.79 Å². The van der Waals surface area contributed by atoms with Crippen molar-refractivity contribution in [3.8, 4) is 0 Å².